The molecule has 0 saturated carbocycles. The van der Waals surface area contributed by atoms with Gasteiger partial charge in [-0.1, -0.05) is 6.92 Å². The van der Waals surface area contributed by atoms with E-state index in [1.54, 1.807) is 0 Å². The number of rotatable bonds is 7. The van der Waals surface area contributed by atoms with E-state index in [1.165, 1.54) is 0 Å². The molecule has 4 nitrogen and oxygen atoms in total. The van der Waals surface area contributed by atoms with Gasteiger partial charge in [-0.3, -0.25) is 0 Å². The van der Waals surface area contributed by atoms with E-state index in [1.807, 2.05) is 26.2 Å². The molecule has 0 bridgehead atoms. The smallest absolute Gasteiger partial charge is 0.122 e. The van der Waals surface area contributed by atoms with Crippen molar-refractivity contribution in [1.29, 1.82) is 0 Å². The van der Waals surface area contributed by atoms with Crippen molar-refractivity contribution >= 4 is 0 Å². The first-order chi connectivity index (χ1) is 7.53. The van der Waals surface area contributed by atoms with Gasteiger partial charge in [0.2, 0.25) is 0 Å². The molecule has 0 amide bonds. The van der Waals surface area contributed by atoms with Crippen LogP contribution in [0.25, 0.3) is 0 Å². The van der Waals surface area contributed by atoms with Gasteiger partial charge >= 0.3 is 0 Å². The molecule has 1 rings (SSSR count). The molecule has 2 N–H and O–H groups in total. The van der Waals surface area contributed by atoms with E-state index in [-0.39, 0.29) is 0 Å². The van der Waals surface area contributed by atoms with Crippen LogP contribution in [0.5, 0.6) is 0 Å². The Morgan fingerprint density at radius 2 is 2.25 bits per heavy atom. The second-order valence-corrected chi connectivity index (χ2v) is 4.78. The highest BCUT2D eigenvalue weighted by atomic mass is 16.3. The van der Waals surface area contributed by atoms with Crippen LogP contribution in [0.4, 0.5) is 0 Å². The summed E-state index contributed by atoms with van der Waals surface area (Å²) in [6, 6.07) is 0. The monoisotopic (exact) mass is 225 g/mol. The Labute approximate surface area is 97.7 Å². The standard InChI is InChI=1S/C12H23N3O/c1-4-6-13-10-11-14-7-9-15(11)8-5-12(2,3)16/h7,9,13,16H,4-6,8,10H2,1-3H3. The molecule has 0 aliphatic heterocycles. The number of hydrogen-bond acceptors (Lipinski definition) is 3. The van der Waals surface area contributed by atoms with E-state index in [0.29, 0.717) is 0 Å². The van der Waals surface area contributed by atoms with Crippen molar-refractivity contribution in [3.63, 3.8) is 0 Å². The summed E-state index contributed by atoms with van der Waals surface area (Å²) in [5.74, 6) is 1.04. The summed E-state index contributed by atoms with van der Waals surface area (Å²) in [7, 11) is 0. The van der Waals surface area contributed by atoms with Gasteiger partial charge in [0.1, 0.15) is 5.82 Å². The predicted octanol–water partition coefficient (Wildman–Crippen LogP) is 1.54. The molecule has 0 radical (unpaired) electrons. The molecule has 1 aromatic rings. The summed E-state index contributed by atoms with van der Waals surface area (Å²) in [5.41, 5.74) is -0.613. The molecule has 0 spiro atoms. The quantitative estimate of drug-likeness (QED) is 0.692. The lowest BCUT2D eigenvalue weighted by Crippen LogP contribution is -2.23. The third-order valence-corrected chi connectivity index (χ3v) is 2.48. The number of aryl methyl sites for hydroxylation is 1. The van der Waals surface area contributed by atoms with Crippen molar-refractivity contribution in [2.45, 2.75) is 52.3 Å². The number of aliphatic hydroxyl groups is 1. The zero-order valence-electron chi connectivity index (χ0n) is 10.5. The second kappa shape index (κ2) is 6.01. The Hall–Kier alpha value is -0.870. The number of nitrogens with one attached hydrogen (secondary N) is 1. The van der Waals surface area contributed by atoms with E-state index in [9.17, 15) is 5.11 Å². The fourth-order valence-electron chi connectivity index (χ4n) is 1.48. The molecule has 16 heavy (non-hydrogen) atoms. The molecule has 4 heteroatoms. The maximum absolute atomic E-state index is 9.67. The average Bonchev–Trinajstić information content (AvgIpc) is 2.62. The summed E-state index contributed by atoms with van der Waals surface area (Å²) >= 11 is 0. The van der Waals surface area contributed by atoms with Gasteiger partial charge in [-0.05, 0) is 33.2 Å². The maximum atomic E-state index is 9.67. The van der Waals surface area contributed by atoms with Crippen LogP contribution in [0.2, 0.25) is 0 Å². The van der Waals surface area contributed by atoms with Crippen LogP contribution in [0.15, 0.2) is 12.4 Å². The zero-order chi connectivity index (χ0) is 12.0. The zero-order valence-corrected chi connectivity index (χ0v) is 10.5. The number of hydrogen-bond donors (Lipinski definition) is 2. The highest BCUT2D eigenvalue weighted by molar-refractivity contribution is 4.92. The van der Waals surface area contributed by atoms with Crippen molar-refractivity contribution in [3.05, 3.63) is 18.2 Å². The largest absolute Gasteiger partial charge is 0.390 e. The minimum absolute atomic E-state index is 0.613. The van der Waals surface area contributed by atoms with Crippen LogP contribution in [0.1, 0.15) is 39.4 Å². The minimum Gasteiger partial charge on any atom is -0.390 e. The second-order valence-electron chi connectivity index (χ2n) is 4.78. The minimum atomic E-state index is -0.613. The molecule has 0 aliphatic carbocycles. The fourth-order valence-corrected chi connectivity index (χ4v) is 1.48. The molecule has 0 fully saturated rings. The van der Waals surface area contributed by atoms with Crippen molar-refractivity contribution in [2.75, 3.05) is 6.54 Å². The van der Waals surface area contributed by atoms with E-state index in [4.69, 9.17) is 0 Å². The van der Waals surface area contributed by atoms with Gasteiger partial charge in [0, 0.05) is 18.9 Å². The van der Waals surface area contributed by atoms with Crippen LogP contribution in [0.3, 0.4) is 0 Å². The molecule has 1 aromatic heterocycles. The fraction of sp³-hybridized carbons (Fsp3) is 0.750. The third kappa shape index (κ3) is 4.77. The first-order valence-electron chi connectivity index (χ1n) is 5.96. The topological polar surface area (TPSA) is 50.1 Å². The SMILES string of the molecule is CCCNCc1nccn1CCC(C)(C)O. The van der Waals surface area contributed by atoms with E-state index < -0.39 is 5.60 Å². The van der Waals surface area contributed by atoms with Gasteiger partial charge < -0.3 is 15.0 Å². The molecular formula is C12H23N3O. The van der Waals surface area contributed by atoms with Crippen LogP contribution < -0.4 is 5.32 Å². The predicted molar refractivity (Wildman–Crippen MR) is 65.1 cm³/mol. The molecule has 0 saturated heterocycles. The number of nitrogens with zero attached hydrogens (tertiary/aromatic N) is 2. The molecule has 1 heterocycles. The summed E-state index contributed by atoms with van der Waals surface area (Å²) in [4.78, 5) is 4.31. The third-order valence-electron chi connectivity index (χ3n) is 2.48. The molecule has 0 unspecified atom stereocenters. The van der Waals surface area contributed by atoms with Crippen molar-refractivity contribution in [2.24, 2.45) is 0 Å². The van der Waals surface area contributed by atoms with Gasteiger partial charge in [0.05, 0.1) is 12.1 Å². The molecule has 0 aromatic carbocycles. The molecular weight excluding hydrogens is 202 g/mol. The number of aromatic nitrogens is 2. The summed E-state index contributed by atoms with van der Waals surface area (Å²) < 4.78 is 2.10. The molecule has 0 aliphatic rings. The lowest BCUT2D eigenvalue weighted by molar-refractivity contribution is 0.0659. The Bertz CT molecular complexity index is 301. The van der Waals surface area contributed by atoms with Gasteiger partial charge in [-0.15, -0.1) is 0 Å². The van der Waals surface area contributed by atoms with Crippen molar-refractivity contribution in [3.8, 4) is 0 Å². The normalized spacial score (nSPS) is 12.0. The van der Waals surface area contributed by atoms with Crippen molar-refractivity contribution < 1.29 is 5.11 Å². The Morgan fingerprint density at radius 3 is 2.88 bits per heavy atom. The number of imidazole rings is 1. The van der Waals surface area contributed by atoms with Crippen molar-refractivity contribution in [1.82, 2.24) is 14.9 Å². The van der Waals surface area contributed by atoms with Crippen LogP contribution >= 0.6 is 0 Å². The van der Waals surface area contributed by atoms with Crippen LogP contribution in [-0.2, 0) is 13.1 Å². The van der Waals surface area contributed by atoms with Gasteiger partial charge in [0.15, 0.2) is 0 Å². The van der Waals surface area contributed by atoms with Crippen LogP contribution in [-0.4, -0.2) is 26.8 Å². The van der Waals surface area contributed by atoms with Crippen LogP contribution in [0, 0.1) is 0 Å². The Kier molecular flexibility index (Phi) is 4.96. The average molecular weight is 225 g/mol. The Balaban J connectivity index is 2.44. The molecule has 0 atom stereocenters. The van der Waals surface area contributed by atoms with Gasteiger partial charge in [-0.25, -0.2) is 4.98 Å². The highest BCUT2D eigenvalue weighted by Crippen LogP contribution is 2.10. The summed E-state index contributed by atoms with van der Waals surface area (Å²) in [6.07, 6.45) is 5.65. The summed E-state index contributed by atoms with van der Waals surface area (Å²) in [5, 5.41) is 13.0. The lowest BCUT2D eigenvalue weighted by Gasteiger charge is -2.18. The van der Waals surface area contributed by atoms with E-state index in [0.717, 1.165) is 38.3 Å². The van der Waals surface area contributed by atoms with E-state index in [2.05, 4.69) is 21.8 Å². The summed E-state index contributed by atoms with van der Waals surface area (Å²) in [6.45, 7) is 8.43. The maximum Gasteiger partial charge on any atom is 0.122 e. The Morgan fingerprint density at radius 1 is 1.50 bits per heavy atom. The first kappa shape index (κ1) is 13.2. The highest BCUT2D eigenvalue weighted by Gasteiger charge is 2.13. The lowest BCUT2D eigenvalue weighted by atomic mass is 10.1. The van der Waals surface area contributed by atoms with E-state index >= 15 is 0 Å². The van der Waals surface area contributed by atoms with Gasteiger partial charge in [-0.2, -0.15) is 0 Å². The van der Waals surface area contributed by atoms with Gasteiger partial charge in [0.25, 0.3) is 0 Å². The molecule has 92 valence electrons. The first-order valence-corrected chi connectivity index (χ1v) is 5.96.